The Morgan fingerprint density at radius 1 is 1.29 bits per heavy atom. The number of hydrogen-bond acceptors (Lipinski definition) is 7. The van der Waals surface area contributed by atoms with Crippen LogP contribution >= 0.6 is 11.6 Å². The number of ether oxygens (including phenoxy) is 3. The van der Waals surface area contributed by atoms with Crippen molar-refractivity contribution in [1.29, 1.82) is 0 Å². The lowest BCUT2D eigenvalue weighted by Gasteiger charge is -2.32. The SMILES string of the molecule is CCOC(=O)C1=C(COCCN)N=C(C)C(C(=O)OC)[C@@H]1c1ccccc1Cl. The zero-order chi connectivity index (χ0) is 20.7. The van der Waals surface area contributed by atoms with Crippen molar-refractivity contribution in [2.45, 2.75) is 19.8 Å². The Hall–Kier alpha value is -2.22. The Morgan fingerprint density at radius 2 is 2.00 bits per heavy atom. The van der Waals surface area contributed by atoms with Gasteiger partial charge in [-0.15, -0.1) is 0 Å². The third-order valence-corrected chi connectivity index (χ3v) is 4.75. The van der Waals surface area contributed by atoms with Crippen LogP contribution in [0.15, 0.2) is 40.5 Å². The first-order chi connectivity index (χ1) is 13.5. The number of benzene rings is 1. The third-order valence-electron chi connectivity index (χ3n) is 4.41. The predicted molar refractivity (Wildman–Crippen MR) is 106 cm³/mol. The van der Waals surface area contributed by atoms with Gasteiger partial charge in [0.2, 0.25) is 0 Å². The van der Waals surface area contributed by atoms with Gasteiger partial charge in [0.05, 0.1) is 38.2 Å². The number of halogens is 1. The van der Waals surface area contributed by atoms with Gasteiger partial charge in [0.1, 0.15) is 5.92 Å². The number of aliphatic imine (C=N–C) groups is 1. The van der Waals surface area contributed by atoms with E-state index in [9.17, 15) is 9.59 Å². The van der Waals surface area contributed by atoms with Gasteiger partial charge in [-0.25, -0.2) is 4.79 Å². The predicted octanol–water partition coefficient (Wildman–Crippen LogP) is 2.48. The largest absolute Gasteiger partial charge is 0.468 e. The molecule has 1 heterocycles. The fourth-order valence-electron chi connectivity index (χ4n) is 3.24. The van der Waals surface area contributed by atoms with Crippen LogP contribution in [-0.4, -0.2) is 51.1 Å². The summed E-state index contributed by atoms with van der Waals surface area (Å²) in [6, 6.07) is 7.06. The normalized spacial score (nSPS) is 19.2. The van der Waals surface area contributed by atoms with E-state index in [0.717, 1.165) is 0 Å². The standard InChI is InChI=1S/C20H25ClN2O5/c1-4-28-20(25)18-15(11-27-10-9-22)23-12(2)16(19(24)26-3)17(18)13-7-5-6-8-14(13)21/h5-8,16-17H,4,9-11,22H2,1-3H3/t16?,17-/m0/s1. The van der Waals surface area contributed by atoms with Crippen molar-refractivity contribution in [3.63, 3.8) is 0 Å². The van der Waals surface area contributed by atoms with Crippen molar-refractivity contribution in [3.8, 4) is 0 Å². The first-order valence-corrected chi connectivity index (χ1v) is 9.39. The van der Waals surface area contributed by atoms with E-state index in [2.05, 4.69) is 4.99 Å². The molecule has 0 aliphatic carbocycles. The number of nitrogens with two attached hydrogens (primary N) is 1. The van der Waals surface area contributed by atoms with E-state index >= 15 is 0 Å². The minimum atomic E-state index is -0.803. The second kappa shape index (κ2) is 10.4. The first kappa shape index (κ1) is 22.1. The highest BCUT2D eigenvalue weighted by Crippen LogP contribution is 2.42. The Balaban J connectivity index is 2.67. The molecule has 8 heteroatoms. The maximum Gasteiger partial charge on any atom is 0.336 e. The number of nitrogens with zero attached hydrogens (tertiary/aromatic N) is 1. The molecule has 0 radical (unpaired) electrons. The number of esters is 2. The van der Waals surface area contributed by atoms with E-state index in [1.807, 2.05) is 0 Å². The summed E-state index contributed by atoms with van der Waals surface area (Å²) < 4.78 is 15.8. The molecule has 1 unspecified atom stereocenters. The summed E-state index contributed by atoms with van der Waals surface area (Å²) in [4.78, 5) is 30.0. The monoisotopic (exact) mass is 408 g/mol. The van der Waals surface area contributed by atoms with Gasteiger partial charge in [-0.1, -0.05) is 29.8 Å². The van der Waals surface area contributed by atoms with E-state index in [-0.39, 0.29) is 18.8 Å². The molecule has 0 saturated heterocycles. The average Bonchev–Trinajstić information content (AvgIpc) is 2.67. The van der Waals surface area contributed by atoms with Crippen LogP contribution in [0.25, 0.3) is 0 Å². The van der Waals surface area contributed by atoms with Crippen LogP contribution in [-0.2, 0) is 23.8 Å². The minimum absolute atomic E-state index is 0.0670. The van der Waals surface area contributed by atoms with Gasteiger partial charge in [-0.3, -0.25) is 9.79 Å². The fourth-order valence-corrected chi connectivity index (χ4v) is 3.50. The summed E-state index contributed by atoms with van der Waals surface area (Å²) in [7, 11) is 1.30. The van der Waals surface area contributed by atoms with Crippen LogP contribution in [0.1, 0.15) is 25.3 Å². The van der Waals surface area contributed by atoms with Crippen molar-refractivity contribution in [3.05, 3.63) is 46.1 Å². The molecule has 152 valence electrons. The molecule has 1 aromatic rings. The molecule has 0 aromatic heterocycles. The van der Waals surface area contributed by atoms with E-state index < -0.39 is 23.8 Å². The molecule has 2 N–H and O–H groups in total. The summed E-state index contributed by atoms with van der Waals surface area (Å²) in [5, 5.41) is 0.431. The molecule has 0 amide bonds. The van der Waals surface area contributed by atoms with E-state index in [1.165, 1.54) is 7.11 Å². The first-order valence-electron chi connectivity index (χ1n) is 9.01. The minimum Gasteiger partial charge on any atom is -0.468 e. The lowest BCUT2D eigenvalue weighted by Crippen LogP contribution is -2.37. The van der Waals surface area contributed by atoms with Crippen molar-refractivity contribution in [1.82, 2.24) is 0 Å². The Morgan fingerprint density at radius 3 is 2.61 bits per heavy atom. The molecule has 28 heavy (non-hydrogen) atoms. The number of carbonyl (C=O) groups is 2. The molecule has 2 rings (SSSR count). The van der Waals surface area contributed by atoms with Crippen LogP contribution in [0, 0.1) is 5.92 Å². The van der Waals surface area contributed by atoms with E-state index in [4.69, 9.17) is 31.5 Å². The molecular formula is C20H25ClN2O5. The molecule has 0 spiro atoms. The molecule has 1 aliphatic rings. The Bertz CT molecular complexity index is 791. The lowest BCUT2D eigenvalue weighted by atomic mass is 9.75. The quantitative estimate of drug-likeness (QED) is 0.524. The van der Waals surface area contributed by atoms with Gasteiger partial charge in [-0.05, 0) is 25.5 Å². The van der Waals surface area contributed by atoms with Gasteiger partial charge < -0.3 is 19.9 Å². The molecule has 1 aromatic carbocycles. The van der Waals surface area contributed by atoms with Gasteiger partial charge >= 0.3 is 11.9 Å². The molecule has 2 atom stereocenters. The fraction of sp³-hybridized carbons (Fsp3) is 0.450. The van der Waals surface area contributed by atoms with Crippen molar-refractivity contribution in [2.24, 2.45) is 16.6 Å². The second-order valence-electron chi connectivity index (χ2n) is 6.18. The third kappa shape index (κ3) is 4.79. The van der Waals surface area contributed by atoms with Crippen LogP contribution in [0.4, 0.5) is 0 Å². The van der Waals surface area contributed by atoms with Gasteiger partial charge in [0.15, 0.2) is 0 Å². The van der Waals surface area contributed by atoms with Crippen LogP contribution in [0.3, 0.4) is 0 Å². The molecular weight excluding hydrogens is 384 g/mol. The summed E-state index contributed by atoms with van der Waals surface area (Å²) in [5.74, 6) is -2.57. The van der Waals surface area contributed by atoms with E-state index in [0.29, 0.717) is 35.1 Å². The lowest BCUT2D eigenvalue weighted by molar-refractivity contribution is -0.144. The zero-order valence-electron chi connectivity index (χ0n) is 16.2. The van der Waals surface area contributed by atoms with Crippen LogP contribution < -0.4 is 5.73 Å². The summed E-state index contributed by atoms with van der Waals surface area (Å²) >= 11 is 6.43. The summed E-state index contributed by atoms with van der Waals surface area (Å²) in [5.41, 5.74) is 7.25. The Kier molecular flexibility index (Phi) is 8.17. The molecule has 0 fully saturated rings. The maximum atomic E-state index is 12.9. The molecule has 1 aliphatic heterocycles. The highest BCUT2D eigenvalue weighted by atomic mass is 35.5. The highest BCUT2D eigenvalue weighted by Gasteiger charge is 2.43. The molecule has 0 saturated carbocycles. The highest BCUT2D eigenvalue weighted by molar-refractivity contribution is 6.31. The van der Waals surface area contributed by atoms with Crippen molar-refractivity contribution in [2.75, 3.05) is 33.5 Å². The topological polar surface area (TPSA) is 100 Å². The van der Waals surface area contributed by atoms with E-state index in [1.54, 1.807) is 38.1 Å². The second-order valence-corrected chi connectivity index (χ2v) is 6.58. The average molecular weight is 409 g/mol. The summed E-state index contributed by atoms with van der Waals surface area (Å²) in [6.07, 6.45) is 0. The maximum absolute atomic E-state index is 12.9. The summed E-state index contributed by atoms with van der Waals surface area (Å²) in [6.45, 7) is 4.32. The zero-order valence-corrected chi connectivity index (χ0v) is 17.0. The van der Waals surface area contributed by atoms with Crippen molar-refractivity contribution >= 4 is 29.3 Å². The van der Waals surface area contributed by atoms with Gasteiger partial charge in [0, 0.05) is 23.2 Å². The smallest absolute Gasteiger partial charge is 0.336 e. The van der Waals surface area contributed by atoms with Crippen molar-refractivity contribution < 1.29 is 23.8 Å². The number of rotatable bonds is 8. The Labute approximate surface area is 169 Å². The van der Waals surface area contributed by atoms with Crippen LogP contribution in [0.5, 0.6) is 0 Å². The van der Waals surface area contributed by atoms with Crippen LogP contribution in [0.2, 0.25) is 5.02 Å². The number of methoxy groups -OCH3 is 1. The van der Waals surface area contributed by atoms with Gasteiger partial charge in [0.25, 0.3) is 0 Å². The molecule has 7 nitrogen and oxygen atoms in total. The molecule has 0 bridgehead atoms. The van der Waals surface area contributed by atoms with Gasteiger partial charge in [-0.2, -0.15) is 0 Å². The number of carbonyl (C=O) groups excluding carboxylic acids is 2. The number of hydrogen-bond donors (Lipinski definition) is 1.